The van der Waals surface area contributed by atoms with Crippen LogP contribution in [0.1, 0.15) is 66.4 Å². The zero-order valence-corrected chi connectivity index (χ0v) is 23.2. The Labute approximate surface area is 216 Å². The van der Waals surface area contributed by atoms with Gasteiger partial charge in [-0.3, -0.25) is 4.79 Å². The number of esters is 1. The average molecular weight is 508 g/mol. The zero-order valence-electron chi connectivity index (χ0n) is 23.2. The van der Waals surface area contributed by atoms with Gasteiger partial charge < -0.3 is 29.0 Å². The van der Waals surface area contributed by atoms with Crippen LogP contribution in [0, 0.1) is 17.8 Å². The molecule has 0 aromatic heterocycles. The molecule has 204 valence electrons. The lowest BCUT2D eigenvalue weighted by Crippen LogP contribution is -2.47. The molecule has 0 radical (unpaired) electrons. The van der Waals surface area contributed by atoms with Crippen LogP contribution < -0.4 is 14.8 Å². The predicted molar refractivity (Wildman–Crippen MR) is 138 cm³/mol. The molecule has 1 aliphatic rings. The highest BCUT2D eigenvalue weighted by atomic mass is 16.6. The largest absolute Gasteiger partial charge is 0.493 e. The lowest BCUT2D eigenvalue weighted by Gasteiger charge is -2.31. The molecule has 1 aromatic carbocycles. The minimum absolute atomic E-state index is 0.185. The van der Waals surface area contributed by atoms with E-state index in [1.165, 1.54) is 0 Å². The van der Waals surface area contributed by atoms with Gasteiger partial charge in [-0.1, -0.05) is 26.8 Å². The summed E-state index contributed by atoms with van der Waals surface area (Å²) in [6.07, 6.45) is 1.91. The van der Waals surface area contributed by atoms with Crippen molar-refractivity contribution in [3.63, 3.8) is 0 Å². The molecule has 2 unspecified atom stereocenters. The summed E-state index contributed by atoms with van der Waals surface area (Å²) < 4.78 is 27.7. The quantitative estimate of drug-likeness (QED) is 0.291. The van der Waals surface area contributed by atoms with Gasteiger partial charge in [-0.2, -0.15) is 0 Å². The summed E-state index contributed by atoms with van der Waals surface area (Å²) in [6.45, 7) is 12.9. The van der Waals surface area contributed by atoms with Crippen LogP contribution in [0.4, 0.5) is 4.79 Å². The Morgan fingerprint density at radius 3 is 2.44 bits per heavy atom. The number of nitrogens with one attached hydrogen (secondary N) is 1. The molecule has 4 atom stereocenters. The topological polar surface area (TPSA) is 92.3 Å². The van der Waals surface area contributed by atoms with E-state index in [9.17, 15) is 9.59 Å². The molecule has 8 nitrogen and oxygen atoms in total. The fourth-order valence-electron chi connectivity index (χ4n) is 4.33. The fraction of sp³-hybridized carbons (Fsp3) is 0.714. The van der Waals surface area contributed by atoms with E-state index >= 15 is 0 Å². The van der Waals surface area contributed by atoms with E-state index in [-0.39, 0.29) is 30.0 Å². The normalized spacial score (nSPS) is 19.5. The van der Waals surface area contributed by atoms with Gasteiger partial charge in [0.1, 0.15) is 11.7 Å². The van der Waals surface area contributed by atoms with Crippen molar-refractivity contribution in [2.75, 3.05) is 27.4 Å². The first kappa shape index (κ1) is 29.7. The van der Waals surface area contributed by atoms with Crippen molar-refractivity contribution in [1.82, 2.24) is 5.32 Å². The van der Waals surface area contributed by atoms with E-state index < -0.39 is 11.7 Å². The van der Waals surface area contributed by atoms with E-state index in [0.717, 1.165) is 18.4 Å². The number of rotatable bonds is 13. The smallest absolute Gasteiger partial charge is 0.408 e. The monoisotopic (exact) mass is 507 g/mol. The van der Waals surface area contributed by atoms with Gasteiger partial charge in [0.05, 0.1) is 25.7 Å². The number of hydrogen-bond acceptors (Lipinski definition) is 7. The third-order valence-corrected chi connectivity index (χ3v) is 6.38. The van der Waals surface area contributed by atoms with Crippen LogP contribution in [0.25, 0.3) is 0 Å². The Kier molecular flexibility index (Phi) is 11.3. The molecule has 0 saturated carbocycles. The van der Waals surface area contributed by atoms with E-state index in [1.54, 1.807) is 14.2 Å². The number of carbonyl (C=O) groups is 2. The Hall–Kier alpha value is -2.48. The maximum atomic E-state index is 12.6. The fourth-order valence-corrected chi connectivity index (χ4v) is 4.33. The minimum atomic E-state index is -0.617. The van der Waals surface area contributed by atoms with Crippen LogP contribution in [0.2, 0.25) is 0 Å². The minimum Gasteiger partial charge on any atom is -0.493 e. The van der Waals surface area contributed by atoms with Crippen LogP contribution in [-0.2, 0) is 25.4 Å². The maximum Gasteiger partial charge on any atom is 0.408 e. The maximum absolute atomic E-state index is 12.6. The summed E-state index contributed by atoms with van der Waals surface area (Å²) in [5, 5.41) is 3.00. The van der Waals surface area contributed by atoms with E-state index in [0.29, 0.717) is 43.5 Å². The molecule has 1 aromatic rings. The second-order valence-electron chi connectivity index (χ2n) is 11.0. The highest BCUT2D eigenvalue weighted by Gasteiger charge is 2.39. The molecular formula is C28H45NO7. The van der Waals surface area contributed by atoms with Crippen molar-refractivity contribution in [3.8, 4) is 11.5 Å². The van der Waals surface area contributed by atoms with Crippen molar-refractivity contribution < 1.29 is 33.3 Å². The SMILES string of the molecule is COCCCOc1cc(C[C@@H](CC(NC(=O)OC(C)(C)C)C2C[C@@H](C)C(=O)O2)C(C)C)ccc1OC. The van der Waals surface area contributed by atoms with Crippen molar-refractivity contribution in [2.45, 2.75) is 85.0 Å². The third-order valence-electron chi connectivity index (χ3n) is 6.38. The molecule has 1 fully saturated rings. The molecule has 0 spiro atoms. The molecule has 8 heteroatoms. The molecule has 1 saturated heterocycles. The molecule has 36 heavy (non-hydrogen) atoms. The summed E-state index contributed by atoms with van der Waals surface area (Å²) in [5.41, 5.74) is 0.498. The molecule has 1 aliphatic heterocycles. The van der Waals surface area contributed by atoms with Crippen LogP contribution in [0.3, 0.4) is 0 Å². The first-order valence-corrected chi connectivity index (χ1v) is 12.9. The lowest BCUT2D eigenvalue weighted by molar-refractivity contribution is -0.145. The van der Waals surface area contributed by atoms with Gasteiger partial charge in [0, 0.05) is 20.1 Å². The van der Waals surface area contributed by atoms with Crippen molar-refractivity contribution >= 4 is 12.1 Å². The molecule has 2 rings (SSSR count). The number of amides is 1. The van der Waals surface area contributed by atoms with Crippen LogP contribution in [0.5, 0.6) is 11.5 Å². The molecule has 0 bridgehead atoms. The van der Waals surface area contributed by atoms with Crippen LogP contribution >= 0.6 is 0 Å². The summed E-state index contributed by atoms with van der Waals surface area (Å²) >= 11 is 0. The first-order chi connectivity index (χ1) is 16.9. The summed E-state index contributed by atoms with van der Waals surface area (Å²) in [7, 11) is 3.30. The van der Waals surface area contributed by atoms with E-state index in [1.807, 2.05) is 45.9 Å². The molecule has 1 N–H and O–H groups in total. The Morgan fingerprint density at radius 2 is 1.89 bits per heavy atom. The molecule has 1 heterocycles. The summed E-state index contributed by atoms with van der Waals surface area (Å²) in [4.78, 5) is 24.8. The molecular weight excluding hydrogens is 462 g/mol. The lowest BCUT2D eigenvalue weighted by atomic mass is 9.82. The average Bonchev–Trinajstić information content (AvgIpc) is 3.12. The van der Waals surface area contributed by atoms with Gasteiger partial charge >= 0.3 is 12.1 Å². The summed E-state index contributed by atoms with van der Waals surface area (Å²) in [6, 6.07) is 5.65. The number of carbonyl (C=O) groups excluding carboxylic acids is 2. The highest BCUT2D eigenvalue weighted by Crippen LogP contribution is 2.33. The number of methoxy groups -OCH3 is 2. The Bertz CT molecular complexity index is 849. The number of hydrogen-bond donors (Lipinski definition) is 1. The van der Waals surface area contributed by atoms with Gasteiger partial charge in [0.15, 0.2) is 11.5 Å². The van der Waals surface area contributed by atoms with Gasteiger partial charge in [-0.05, 0) is 69.6 Å². The van der Waals surface area contributed by atoms with Crippen LogP contribution in [0.15, 0.2) is 18.2 Å². The number of ether oxygens (including phenoxy) is 5. The Morgan fingerprint density at radius 1 is 1.17 bits per heavy atom. The number of alkyl carbamates (subject to hydrolysis) is 1. The summed E-state index contributed by atoms with van der Waals surface area (Å²) in [5.74, 6) is 1.53. The van der Waals surface area contributed by atoms with E-state index in [2.05, 4.69) is 19.2 Å². The Balaban J connectivity index is 2.19. The van der Waals surface area contributed by atoms with Crippen molar-refractivity contribution in [3.05, 3.63) is 23.8 Å². The number of benzene rings is 1. The van der Waals surface area contributed by atoms with Crippen molar-refractivity contribution in [1.29, 1.82) is 0 Å². The van der Waals surface area contributed by atoms with Gasteiger partial charge in [-0.25, -0.2) is 4.79 Å². The standard InChI is InChI=1S/C28H45NO7/c1-18(2)21(15-20-10-11-23(33-8)25(16-20)34-13-9-12-32-7)17-22(24-14-19(3)26(30)35-24)29-27(31)36-28(4,5)6/h10-11,16,18-19,21-22,24H,9,12-15,17H2,1-8H3,(H,29,31)/t19-,21+,22?,24?/m1/s1. The molecule has 0 aliphatic carbocycles. The van der Waals surface area contributed by atoms with Gasteiger partial charge in [0.2, 0.25) is 0 Å². The number of cyclic esters (lactones) is 1. The van der Waals surface area contributed by atoms with Gasteiger partial charge in [-0.15, -0.1) is 0 Å². The van der Waals surface area contributed by atoms with E-state index in [4.69, 9.17) is 23.7 Å². The second-order valence-corrected chi connectivity index (χ2v) is 11.0. The highest BCUT2D eigenvalue weighted by molar-refractivity contribution is 5.74. The third kappa shape index (κ3) is 9.52. The van der Waals surface area contributed by atoms with Crippen LogP contribution in [-0.4, -0.2) is 57.2 Å². The second kappa shape index (κ2) is 13.7. The zero-order chi connectivity index (χ0) is 26.9. The van der Waals surface area contributed by atoms with Crippen molar-refractivity contribution in [2.24, 2.45) is 17.8 Å². The van der Waals surface area contributed by atoms with Gasteiger partial charge in [0.25, 0.3) is 0 Å². The first-order valence-electron chi connectivity index (χ1n) is 12.9. The predicted octanol–water partition coefficient (Wildman–Crippen LogP) is 5.16. The molecule has 1 amide bonds.